The topological polar surface area (TPSA) is 109 Å². The number of amides is 2. The first-order valence-electron chi connectivity index (χ1n) is 11.3. The van der Waals surface area contributed by atoms with Crippen molar-refractivity contribution in [1.29, 1.82) is 5.26 Å². The van der Waals surface area contributed by atoms with Crippen molar-refractivity contribution < 1.29 is 23.9 Å². The average Bonchev–Trinajstić information content (AvgIpc) is 2.91. The van der Waals surface area contributed by atoms with Gasteiger partial charge in [-0.25, -0.2) is 4.79 Å². The van der Waals surface area contributed by atoms with Crippen molar-refractivity contribution in [2.75, 3.05) is 20.7 Å². The number of hydrogen-bond donors (Lipinski definition) is 1. The molecule has 8 nitrogen and oxygen atoms in total. The number of nitriles is 1. The van der Waals surface area contributed by atoms with E-state index in [1.54, 1.807) is 50.5 Å². The highest BCUT2D eigenvalue weighted by Gasteiger charge is 2.23. The highest BCUT2D eigenvalue weighted by molar-refractivity contribution is 5.99. The van der Waals surface area contributed by atoms with E-state index in [4.69, 9.17) is 14.7 Å². The molecule has 36 heavy (non-hydrogen) atoms. The molecule has 3 aromatic rings. The average molecular weight is 486 g/mol. The van der Waals surface area contributed by atoms with Crippen molar-refractivity contribution in [1.82, 2.24) is 10.2 Å². The number of nitrogens with one attached hydrogen (secondary N) is 1. The Kier molecular flexibility index (Phi) is 9.18. The molecule has 0 fully saturated rings. The molecule has 0 unspecified atom stereocenters. The maximum atomic E-state index is 12.9. The Bertz CT molecular complexity index is 1230. The Hall–Kier alpha value is -4.64. The maximum absolute atomic E-state index is 12.9. The molecule has 8 heteroatoms. The molecule has 0 radical (unpaired) electrons. The number of hydrogen-bond acceptors (Lipinski definition) is 6. The second-order valence-electron chi connectivity index (χ2n) is 8.17. The number of rotatable bonds is 10. The predicted octanol–water partition coefficient (Wildman–Crippen LogP) is 3.57. The van der Waals surface area contributed by atoms with Crippen molar-refractivity contribution in [2.45, 2.75) is 19.1 Å². The van der Waals surface area contributed by atoms with Gasteiger partial charge < -0.3 is 19.7 Å². The third-order valence-corrected chi connectivity index (χ3v) is 5.25. The highest BCUT2D eigenvalue weighted by Crippen LogP contribution is 2.14. The van der Waals surface area contributed by atoms with Crippen LogP contribution < -0.4 is 10.1 Å². The van der Waals surface area contributed by atoms with E-state index in [0.29, 0.717) is 22.4 Å². The first-order valence-corrected chi connectivity index (χ1v) is 11.3. The van der Waals surface area contributed by atoms with Crippen molar-refractivity contribution in [3.05, 3.63) is 101 Å². The Morgan fingerprint density at radius 3 is 2.31 bits per heavy atom. The summed E-state index contributed by atoms with van der Waals surface area (Å²) in [5.41, 5.74) is 2.02. The van der Waals surface area contributed by atoms with Gasteiger partial charge in [0.25, 0.3) is 11.8 Å². The van der Waals surface area contributed by atoms with E-state index >= 15 is 0 Å². The Morgan fingerprint density at radius 2 is 1.64 bits per heavy atom. The minimum absolute atomic E-state index is 0.0679. The molecule has 0 spiro atoms. The van der Waals surface area contributed by atoms with Gasteiger partial charge in [0.15, 0.2) is 0 Å². The molecule has 2 amide bonds. The van der Waals surface area contributed by atoms with Crippen LogP contribution in [0.4, 0.5) is 0 Å². The van der Waals surface area contributed by atoms with E-state index in [0.717, 1.165) is 5.56 Å². The van der Waals surface area contributed by atoms with Crippen LogP contribution in [0.1, 0.15) is 38.3 Å². The third-order valence-electron chi connectivity index (χ3n) is 5.25. The number of nitrogens with zero attached hydrogens (tertiary/aromatic N) is 2. The zero-order valence-electron chi connectivity index (χ0n) is 20.1. The predicted molar refractivity (Wildman–Crippen MR) is 133 cm³/mol. The lowest BCUT2D eigenvalue weighted by Crippen LogP contribution is -2.42. The van der Waals surface area contributed by atoms with Crippen molar-refractivity contribution in [3.8, 4) is 11.8 Å². The van der Waals surface area contributed by atoms with E-state index in [-0.39, 0.29) is 25.5 Å². The highest BCUT2D eigenvalue weighted by atomic mass is 16.5. The molecule has 184 valence electrons. The van der Waals surface area contributed by atoms with E-state index < -0.39 is 17.9 Å². The number of benzene rings is 3. The van der Waals surface area contributed by atoms with Crippen molar-refractivity contribution >= 4 is 17.8 Å². The molecule has 1 atom stereocenters. The minimum Gasteiger partial charge on any atom is -0.493 e. The van der Waals surface area contributed by atoms with E-state index in [1.807, 2.05) is 36.4 Å². The number of esters is 1. The zero-order chi connectivity index (χ0) is 25.9. The van der Waals surface area contributed by atoms with Gasteiger partial charge >= 0.3 is 5.97 Å². The van der Waals surface area contributed by atoms with Crippen LogP contribution in [-0.4, -0.2) is 49.4 Å². The van der Waals surface area contributed by atoms with Crippen LogP contribution in [0.25, 0.3) is 0 Å². The molecule has 3 aromatic carbocycles. The first-order chi connectivity index (χ1) is 17.4. The van der Waals surface area contributed by atoms with E-state index in [2.05, 4.69) is 5.32 Å². The van der Waals surface area contributed by atoms with Crippen LogP contribution in [0.3, 0.4) is 0 Å². The second kappa shape index (κ2) is 12.7. The summed E-state index contributed by atoms with van der Waals surface area (Å²) in [5.74, 6) is -0.771. The molecule has 0 heterocycles. The van der Waals surface area contributed by atoms with Crippen LogP contribution in [0.5, 0.6) is 5.75 Å². The summed E-state index contributed by atoms with van der Waals surface area (Å²) in [5, 5.41) is 11.8. The van der Waals surface area contributed by atoms with Gasteiger partial charge in [-0.15, -0.1) is 0 Å². The smallest absolute Gasteiger partial charge is 0.329 e. The molecule has 0 saturated carbocycles. The number of carbonyl (C=O) groups is 3. The molecule has 0 saturated heterocycles. The molecule has 0 bridgehead atoms. The molecule has 0 aromatic heterocycles. The van der Waals surface area contributed by atoms with Gasteiger partial charge in [-0.2, -0.15) is 5.26 Å². The number of carbonyl (C=O) groups excluding carboxylic acids is 3. The summed E-state index contributed by atoms with van der Waals surface area (Å²) in [6.45, 7) is 0.176. The van der Waals surface area contributed by atoms with Crippen LogP contribution in [0, 0.1) is 11.3 Å². The lowest BCUT2D eigenvalue weighted by atomic mass is 10.1. The molecule has 1 N–H and O–H groups in total. The fraction of sp³-hybridized carbons (Fsp3) is 0.214. The minimum atomic E-state index is -0.969. The van der Waals surface area contributed by atoms with Gasteiger partial charge in [0.2, 0.25) is 0 Å². The quantitative estimate of drug-likeness (QED) is 0.440. The summed E-state index contributed by atoms with van der Waals surface area (Å²) in [7, 11) is 3.29. The fourth-order valence-corrected chi connectivity index (χ4v) is 3.29. The Morgan fingerprint density at radius 1 is 0.944 bits per heavy atom. The molecule has 3 rings (SSSR count). The van der Waals surface area contributed by atoms with Crippen molar-refractivity contribution in [2.24, 2.45) is 0 Å². The molecular weight excluding hydrogens is 458 g/mol. The fourth-order valence-electron chi connectivity index (χ4n) is 3.29. The zero-order valence-corrected chi connectivity index (χ0v) is 20.1. The van der Waals surface area contributed by atoms with Crippen LogP contribution in [0.2, 0.25) is 0 Å². The summed E-state index contributed by atoms with van der Waals surface area (Å²) in [6.07, 6.45) is 0.146. The van der Waals surface area contributed by atoms with Gasteiger partial charge in [-0.05, 0) is 48.0 Å². The molecule has 0 aliphatic carbocycles. The Balaban J connectivity index is 1.67. The SMILES string of the molecule is CN(C)C(=O)c1ccc(C(=O)N[C@@H](CCOc2cccc(C#N)c2)C(=O)OCc2ccccc2)cc1. The normalized spacial score (nSPS) is 11.0. The summed E-state index contributed by atoms with van der Waals surface area (Å²) in [4.78, 5) is 39.3. The first kappa shape index (κ1) is 26.0. The van der Waals surface area contributed by atoms with Gasteiger partial charge in [0.05, 0.1) is 18.2 Å². The summed E-state index contributed by atoms with van der Waals surface area (Å²) < 4.78 is 11.1. The molecule has 0 aliphatic rings. The van der Waals surface area contributed by atoms with E-state index in [1.165, 1.54) is 17.0 Å². The second-order valence-corrected chi connectivity index (χ2v) is 8.17. The standard InChI is InChI=1S/C28H27N3O5/c1-31(2)27(33)23-13-11-22(12-14-23)26(32)30-25(28(34)36-19-20-7-4-3-5-8-20)15-16-35-24-10-6-9-21(17-24)18-29/h3-14,17,25H,15-16,19H2,1-2H3,(H,30,32)/t25-/m0/s1. The van der Waals surface area contributed by atoms with Gasteiger partial charge in [0.1, 0.15) is 18.4 Å². The monoisotopic (exact) mass is 485 g/mol. The lowest BCUT2D eigenvalue weighted by molar-refractivity contribution is -0.147. The number of ether oxygens (including phenoxy) is 2. The third kappa shape index (κ3) is 7.43. The summed E-state index contributed by atoms with van der Waals surface area (Å²) in [6, 6.07) is 23.1. The maximum Gasteiger partial charge on any atom is 0.329 e. The van der Waals surface area contributed by atoms with Gasteiger partial charge in [0, 0.05) is 31.6 Å². The van der Waals surface area contributed by atoms with Crippen LogP contribution in [0.15, 0.2) is 78.9 Å². The van der Waals surface area contributed by atoms with E-state index in [9.17, 15) is 14.4 Å². The van der Waals surface area contributed by atoms with Crippen LogP contribution >= 0.6 is 0 Å². The molecule has 0 aliphatic heterocycles. The van der Waals surface area contributed by atoms with Crippen molar-refractivity contribution in [3.63, 3.8) is 0 Å². The largest absolute Gasteiger partial charge is 0.493 e. The lowest BCUT2D eigenvalue weighted by Gasteiger charge is -2.18. The van der Waals surface area contributed by atoms with Gasteiger partial charge in [-0.1, -0.05) is 36.4 Å². The van der Waals surface area contributed by atoms with Gasteiger partial charge in [-0.3, -0.25) is 9.59 Å². The summed E-state index contributed by atoms with van der Waals surface area (Å²) >= 11 is 0. The molecular formula is C28H27N3O5. The Labute approximate surface area is 210 Å². The van der Waals surface area contributed by atoms with Crippen LogP contribution in [-0.2, 0) is 16.1 Å².